The van der Waals surface area contributed by atoms with E-state index in [4.69, 9.17) is 4.74 Å². The number of nitro benzene ring substituents is 1. The molecule has 0 saturated heterocycles. The van der Waals surface area contributed by atoms with Gasteiger partial charge in [-0.1, -0.05) is 23.5 Å². The van der Waals surface area contributed by atoms with Gasteiger partial charge in [-0.2, -0.15) is 4.99 Å². The molecule has 3 aromatic rings. The van der Waals surface area contributed by atoms with Crippen LogP contribution in [0.25, 0.3) is 16.3 Å². The van der Waals surface area contributed by atoms with E-state index in [9.17, 15) is 14.9 Å². The molecule has 1 aromatic heterocycles. The molecule has 3 rings (SSSR count). The lowest BCUT2D eigenvalue weighted by atomic mass is 10.2. The van der Waals surface area contributed by atoms with Crippen LogP contribution in [0.1, 0.15) is 11.1 Å². The fourth-order valence-electron chi connectivity index (χ4n) is 2.79. The monoisotopic (exact) mass is 397 g/mol. The lowest BCUT2D eigenvalue weighted by Gasteiger charge is -2.06. The molecule has 7 nitrogen and oxygen atoms in total. The molecule has 0 fully saturated rings. The van der Waals surface area contributed by atoms with Crippen LogP contribution in [0.4, 0.5) is 5.69 Å². The van der Waals surface area contributed by atoms with Crippen LogP contribution in [0.3, 0.4) is 0 Å². The van der Waals surface area contributed by atoms with E-state index >= 15 is 0 Å². The molecule has 0 atom stereocenters. The quantitative estimate of drug-likeness (QED) is 0.360. The molecule has 8 heteroatoms. The van der Waals surface area contributed by atoms with Crippen LogP contribution in [-0.2, 0) is 16.1 Å². The van der Waals surface area contributed by atoms with E-state index in [-0.39, 0.29) is 5.69 Å². The summed E-state index contributed by atoms with van der Waals surface area (Å²) in [4.78, 5) is 27.4. The van der Waals surface area contributed by atoms with Gasteiger partial charge in [0.05, 0.1) is 21.7 Å². The summed E-state index contributed by atoms with van der Waals surface area (Å²) in [6.07, 6.45) is 2.95. The first-order valence-electron chi connectivity index (χ1n) is 8.58. The number of non-ortho nitro benzene ring substituents is 1. The largest absolute Gasteiger partial charge is 0.383 e. The first-order valence-corrected chi connectivity index (χ1v) is 9.40. The van der Waals surface area contributed by atoms with Gasteiger partial charge in [0.15, 0.2) is 4.80 Å². The van der Waals surface area contributed by atoms with Gasteiger partial charge in [0, 0.05) is 31.9 Å². The van der Waals surface area contributed by atoms with E-state index in [0.29, 0.717) is 23.5 Å². The highest BCUT2D eigenvalue weighted by Crippen LogP contribution is 2.21. The zero-order valence-electron chi connectivity index (χ0n) is 15.5. The minimum atomic E-state index is -0.462. The molecule has 1 amide bonds. The maximum absolute atomic E-state index is 12.3. The highest BCUT2D eigenvalue weighted by Gasteiger charge is 2.09. The zero-order valence-corrected chi connectivity index (χ0v) is 16.3. The SMILES string of the molecule is COCCn1c(=NC(=O)C=Cc2ccc([N+](=O)[O-])cc2)sc2cccc(C)c21. The minimum absolute atomic E-state index is 0.00740. The van der Waals surface area contributed by atoms with Crippen LogP contribution in [0.2, 0.25) is 0 Å². The first-order chi connectivity index (χ1) is 13.5. The Balaban J connectivity index is 1.91. The number of hydrogen-bond acceptors (Lipinski definition) is 5. The minimum Gasteiger partial charge on any atom is -0.383 e. The van der Waals surface area contributed by atoms with Gasteiger partial charge in [0.25, 0.3) is 11.6 Å². The Morgan fingerprint density at radius 3 is 2.71 bits per heavy atom. The van der Waals surface area contributed by atoms with Crippen molar-refractivity contribution in [2.45, 2.75) is 13.5 Å². The number of carbonyl (C=O) groups excluding carboxylic acids is 1. The molecule has 144 valence electrons. The molecule has 0 saturated carbocycles. The smallest absolute Gasteiger partial charge is 0.272 e. The summed E-state index contributed by atoms with van der Waals surface area (Å²) in [7, 11) is 1.64. The lowest BCUT2D eigenvalue weighted by molar-refractivity contribution is -0.384. The van der Waals surface area contributed by atoms with Gasteiger partial charge in [-0.05, 0) is 42.3 Å². The number of fused-ring (bicyclic) bond motifs is 1. The Bertz CT molecular complexity index is 1110. The fraction of sp³-hybridized carbons (Fsp3) is 0.200. The molecule has 2 aromatic carbocycles. The third kappa shape index (κ3) is 4.41. The summed E-state index contributed by atoms with van der Waals surface area (Å²) in [5.41, 5.74) is 2.86. The Kier molecular flexibility index (Phi) is 6.13. The second-order valence-electron chi connectivity index (χ2n) is 6.08. The van der Waals surface area contributed by atoms with Gasteiger partial charge < -0.3 is 9.30 Å². The van der Waals surface area contributed by atoms with Gasteiger partial charge in [0.2, 0.25) is 0 Å². The van der Waals surface area contributed by atoms with Gasteiger partial charge in [0.1, 0.15) is 0 Å². The summed E-state index contributed by atoms with van der Waals surface area (Å²) in [5.74, 6) is -0.395. The molecule has 0 bridgehead atoms. The van der Waals surface area contributed by atoms with Crippen molar-refractivity contribution in [2.24, 2.45) is 4.99 Å². The zero-order chi connectivity index (χ0) is 20.1. The number of methoxy groups -OCH3 is 1. The van der Waals surface area contributed by atoms with Crippen LogP contribution in [-0.4, -0.2) is 29.1 Å². The number of aromatic nitrogens is 1. The topological polar surface area (TPSA) is 86.7 Å². The maximum Gasteiger partial charge on any atom is 0.272 e. The van der Waals surface area contributed by atoms with E-state index in [1.807, 2.05) is 29.7 Å². The summed E-state index contributed by atoms with van der Waals surface area (Å²) in [5, 5.41) is 10.7. The van der Waals surface area contributed by atoms with E-state index < -0.39 is 10.8 Å². The number of hydrogen-bond donors (Lipinski definition) is 0. The third-order valence-electron chi connectivity index (χ3n) is 4.15. The molecular formula is C20H19N3O4S. The van der Waals surface area contributed by atoms with Crippen molar-refractivity contribution in [3.8, 4) is 0 Å². The van der Waals surface area contributed by atoms with Crippen molar-refractivity contribution in [1.82, 2.24) is 4.57 Å². The van der Waals surface area contributed by atoms with Crippen molar-refractivity contribution in [1.29, 1.82) is 0 Å². The van der Waals surface area contributed by atoms with E-state index in [0.717, 1.165) is 15.8 Å². The van der Waals surface area contributed by atoms with Crippen LogP contribution < -0.4 is 4.80 Å². The lowest BCUT2D eigenvalue weighted by Crippen LogP contribution is -2.19. The first kappa shape index (κ1) is 19.7. The van der Waals surface area contributed by atoms with Crippen LogP contribution >= 0.6 is 11.3 Å². The van der Waals surface area contributed by atoms with Crippen molar-refractivity contribution in [3.63, 3.8) is 0 Å². The number of rotatable bonds is 6. The number of amides is 1. The number of carbonyl (C=O) groups is 1. The van der Waals surface area contributed by atoms with Crippen molar-refractivity contribution in [2.75, 3.05) is 13.7 Å². The summed E-state index contributed by atoms with van der Waals surface area (Å²) in [6, 6.07) is 12.0. The molecule has 0 aliphatic carbocycles. The normalized spacial score (nSPS) is 12.1. The van der Waals surface area contributed by atoms with E-state index in [1.54, 1.807) is 25.3 Å². The van der Waals surface area contributed by atoms with E-state index in [2.05, 4.69) is 4.99 Å². The standard InChI is InChI=1S/C20H19N3O4S/c1-14-4-3-5-17-19(14)22(12-13-27-2)20(28-17)21-18(24)11-8-15-6-9-16(10-7-15)23(25)26/h3-11H,12-13H2,1-2H3. The fourth-order valence-corrected chi connectivity index (χ4v) is 3.93. The van der Waals surface area contributed by atoms with Crippen LogP contribution in [0.5, 0.6) is 0 Å². The number of thiazole rings is 1. The van der Waals surface area contributed by atoms with Gasteiger partial charge in [-0.15, -0.1) is 0 Å². The van der Waals surface area contributed by atoms with Crippen LogP contribution in [0, 0.1) is 17.0 Å². The molecule has 0 unspecified atom stereocenters. The highest BCUT2D eigenvalue weighted by atomic mass is 32.1. The molecule has 0 N–H and O–H groups in total. The summed E-state index contributed by atoms with van der Waals surface area (Å²) < 4.78 is 8.24. The van der Waals surface area contributed by atoms with Gasteiger partial charge >= 0.3 is 0 Å². The maximum atomic E-state index is 12.3. The molecule has 0 aliphatic heterocycles. The predicted molar refractivity (Wildman–Crippen MR) is 109 cm³/mol. The molecule has 0 spiro atoms. The Labute approximate surface area is 165 Å². The second kappa shape index (κ2) is 8.73. The number of para-hydroxylation sites is 1. The molecule has 1 heterocycles. The number of benzene rings is 2. The Hall–Kier alpha value is -3.10. The second-order valence-corrected chi connectivity index (χ2v) is 7.09. The van der Waals surface area contributed by atoms with Crippen molar-refractivity contribution < 1.29 is 14.5 Å². The Morgan fingerprint density at radius 2 is 2.04 bits per heavy atom. The van der Waals surface area contributed by atoms with Gasteiger partial charge in [-0.25, -0.2) is 0 Å². The summed E-state index contributed by atoms with van der Waals surface area (Å²) >= 11 is 1.45. The highest BCUT2D eigenvalue weighted by molar-refractivity contribution is 7.16. The van der Waals surface area contributed by atoms with Crippen LogP contribution in [0.15, 0.2) is 53.5 Å². The number of aryl methyl sites for hydroxylation is 1. The average Bonchev–Trinajstić information content (AvgIpc) is 3.03. The van der Waals surface area contributed by atoms with E-state index in [1.165, 1.54) is 29.5 Å². The number of nitro groups is 1. The van der Waals surface area contributed by atoms with Crippen molar-refractivity contribution >= 4 is 39.2 Å². The Morgan fingerprint density at radius 1 is 1.29 bits per heavy atom. The average molecular weight is 397 g/mol. The predicted octanol–water partition coefficient (Wildman–Crippen LogP) is 3.71. The molecule has 0 aliphatic rings. The number of nitrogens with zero attached hydrogens (tertiary/aromatic N) is 3. The molecule has 28 heavy (non-hydrogen) atoms. The van der Waals surface area contributed by atoms with Crippen molar-refractivity contribution in [3.05, 3.63) is 74.6 Å². The number of ether oxygens (including phenoxy) is 1. The summed E-state index contributed by atoms with van der Waals surface area (Å²) in [6.45, 7) is 3.14. The molecule has 0 radical (unpaired) electrons. The van der Waals surface area contributed by atoms with Gasteiger partial charge in [-0.3, -0.25) is 14.9 Å². The molecular weight excluding hydrogens is 378 g/mol. The third-order valence-corrected chi connectivity index (χ3v) is 5.19.